The van der Waals surface area contributed by atoms with Crippen LogP contribution < -0.4 is 11.1 Å². The number of nitrogens with zero attached hydrogens (tertiary/aromatic N) is 1. The molecular formula is C10H15N3. The van der Waals surface area contributed by atoms with Crippen LogP contribution in [0.25, 0.3) is 0 Å². The van der Waals surface area contributed by atoms with E-state index < -0.39 is 0 Å². The molecule has 13 heavy (non-hydrogen) atoms. The van der Waals surface area contributed by atoms with Crippen molar-refractivity contribution in [3.05, 3.63) is 29.3 Å². The van der Waals surface area contributed by atoms with E-state index in [1.54, 1.807) is 7.05 Å². The van der Waals surface area contributed by atoms with E-state index in [4.69, 9.17) is 5.73 Å². The number of guanidine groups is 1. The zero-order chi connectivity index (χ0) is 9.84. The number of nitrogens with two attached hydrogens (primary N) is 1. The molecule has 0 aromatic heterocycles. The first-order valence-corrected chi connectivity index (χ1v) is 4.20. The van der Waals surface area contributed by atoms with E-state index in [0.29, 0.717) is 5.96 Å². The number of rotatable bonds is 1. The molecule has 0 atom stereocenters. The van der Waals surface area contributed by atoms with Crippen molar-refractivity contribution in [1.29, 1.82) is 0 Å². The van der Waals surface area contributed by atoms with Gasteiger partial charge >= 0.3 is 0 Å². The average molecular weight is 177 g/mol. The monoisotopic (exact) mass is 177 g/mol. The van der Waals surface area contributed by atoms with Gasteiger partial charge in [-0.05, 0) is 25.5 Å². The highest BCUT2D eigenvalue weighted by Crippen LogP contribution is 2.15. The first kappa shape index (κ1) is 9.58. The smallest absolute Gasteiger partial charge is 0.192 e. The molecule has 0 amide bonds. The molecule has 0 saturated heterocycles. The maximum Gasteiger partial charge on any atom is 0.192 e. The van der Waals surface area contributed by atoms with Gasteiger partial charge in [-0.2, -0.15) is 0 Å². The van der Waals surface area contributed by atoms with Crippen LogP contribution in [0.1, 0.15) is 11.1 Å². The Kier molecular flexibility index (Phi) is 2.90. The van der Waals surface area contributed by atoms with Crippen molar-refractivity contribution in [2.24, 2.45) is 10.7 Å². The molecule has 1 rings (SSSR count). The van der Waals surface area contributed by atoms with E-state index in [1.807, 2.05) is 19.1 Å². The Morgan fingerprint density at radius 3 is 2.62 bits per heavy atom. The number of hydrogen-bond donors (Lipinski definition) is 2. The van der Waals surface area contributed by atoms with Crippen LogP contribution in [0.5, 0.6) is 0 Å². The lowest BCUT2D eigenvalue weighted by Gasteiger charge is -2.08. The van der Waals surface area contributed by atoms with Gasteiger partial charge in [-0.3, -0.25) is 4.99 Å². The third-order valence-electron chi connectivity index (χ3n) is 1.89. The highest BCUT2D eigenvalue weighted by atomic mass is 15.1. The minimum Gasteiger partial charge on any atom is -0.370 e. The standard InChI is InChI=1S/C10H15N3/c1-7-4-5-9(8(2)6-7)13-10(11)12-3/h4-6H,1-3H3,(H3,11,12,13). The van der Waals surface area contributed by atoms with Crippen LogP contribution in [0.4, 0.5) is 5.69 Å². The molecule has 3 heteroatoms. The summed E-state index contributed by atoms with van der Waals surface area (Å²) in [6, 6.07) is 6.15. The molecule has 0 aliphatic rings. The van der Waals surface area contributed by atoms with Gasteiger partial charge in [0.2, 0.25) is 0 Å². The number of benzene rings is 1. The predicted molar refractivity (Wildman–Crippen MR) is 57.1 cm³/mol. The minimum atomic E-state index is 0.437. The van der Waals surface area contributed by atoms with E-state index in [2.05, 4.69) is 23.3 Å². The molecule has 0 aliphatic carbocycles. The summed E-state index contributed by atoms with van der Waals surface area (Å²) in [5.74, 6) is 0.437. The summed E-state index contributed by atoms with van der Waals surface area (Å²) in [4.78, 5) is 3.83. The van der Waals surface area contributed by atoms with Gasteiger partial charge in [-0.25, -0.2) is 0 Å². The lowest BCUT2D eigenvalue weighted by Crippen LogP contribution is -2.22. The fourth-order valence-corrected chi connectivity index (χ4v) is 1.15. The number of aryl methyl sites for hydroxylation is 2. The molecule has 3 nitrogen and oxygen atoms in total. The Hall–Kier alpha value is -1.51. The Morgan fingerprint density at radius 2 is 2.08 bits per heavy atom. The first-order chi connectivity index (χ1) is 6.13. The molecule has 1 aromatic rings. The molecule has 0 fully saturated rings. The lowest BCUT2D eigenvalue weighted by atomic mass is 10.1. The van der Waals surface area contributed by atoms with E-state index in [0.717, 1.165) is 5.69 Å². The second-order valence-corrected chi connectivity index (χ2v) is 3.05. The number of hydrogen-bond acceptors (Lipinski definition) is 1. The largest absolute Gasteiger partial charge is 0.370 e. The summed E-state index contributed by atoms with van der Waals surface area (Å²) in [6.45, 7) is 4.10. The van der Waals surface area contributed by atoms with Gasteiger partial charge < -0.3 is 11.1 Å². The van der Waals surface area contributed by atoms with Crippen LogP contribution in [-0.2, 0) is 0 Å². The van der Waals surface area contributed by atoms with Crippen molar-refractivity contribution < 1.29 is 0 Å². The third-order valence-corrected chi connectivity index (χ3v) is 1.89. The molecule has 0 bridgehead atoms. The molecule has 0 saturated carbocycles. The second-order valence-electron chi connectivity index (χ2n) is 3.05. The second kappa shape index (κ2) is 3.94. The highest BCUT2D eigenvalue weighted by molar-refractivity contribution is 5.92. The Balaban J connectivity index is 2.90. The molecule has 0 heterocycles. The predicted octanol–water partition coefficient (Wildman–Crippen LogP) is 1.66. The average Bonchev–Trinajstić information content (AvgIpc) is 2.09. The van der Waals surface area contributed by atoms with Crippen LogP contribution >= 0.6 is 0 Å². The van der Waals surface area contributed by atoms with Gasteiger partial charge in [0.1, 0.15) is 0 Å². The Morgan fingerprint density at radius 1 is 1.38 bits per heavy atom. The minimum absolute atomic E-state index is 0.437. The van der Waals surface area contributed by atoms with Gasteiger partial charge in [-0.1, -0.05) is 17.7 Å². The van der Waals surface area contributed by atoms with Gasteiger partial charge in [-0.15, -0.1) is 0 Å². The quantitative estimate of drug-likeness (QED) is 0.506. The molecule has 0 radical (unpaired) electrons. The zero-order valence-corrected chi connectivity index (χ0v) is 8.26. The molecule has 70 valence electrons. The van der Waals surface area contributed by atoms with Crippen molar-refractivity contribution in [3.63, 3.8) is 0 Å². The zero-order valence-electron chi connectivity index (χ0n) is 8.26. The Bertz CT molecular complexity index is 329. The summed E-state index contributed by atoms with van der Waals surface area (Å²) in [7, 11) is 1.66. The van der Waals surface area contributed by atoms with Crippen molar-refractivity contribution in [3.8, 4) is 0 Å². The summed E-state index contributed by atoms with van der Waals surface area (Å²) in [5.41, 5.74) is 8.98. The number of nitrogens with one attached hydrogen (secondary N) is 1. The normalized spacial score (nSPS) is 11.5. The fourth-order valence-electron chi connectivity index (χ4n) is 1.15. The summed E-state index contributed by atoms with van der Waals surface area (Å²) in [5, 5.41) is 3.01. The van der Waals surface area contributed by atoms with E-state index in [-0.39, 0.29) is 0 Å². The van der Waals surface area contributed by atoms with Gasteiger partial charge in [0.15, 0.2) is 5.96 Å². The van der Waals surface area contributed by atoms with Crippen LogP contribution in [0.15, 0.2) is 23.2 Å². The summed E-state index contributed by atoms with van der Waals surface area (Å²) in [6.07, 6.45) is 0. The maximum absolute atomic E-state index is 5.55. The van der Waals surface area contributed by atoms with Gasteiger partial charge in [0, 0.05) is 12.7 Å². The third kappa shape index (κ3) is 2.47. The topological polar surface area (TPSA) is 50.4 Å². The van der Waals surface area contributed by atoms with Crippen molar-refractivity contribution in [2.45, 2.75) is 13.8 Å². The molecule has 3 N–H and O–H groups in total. The fraction of sp³-hybridized carbons (Fsp3) is 0.300. The van der Waals surface area contributed by atoms with E-state index >= 15 is 0 Å². The summed E-state index contributed by atoms with van der Waals surface area (Å²) >= 11 is 0. The SMILES string of the molecule is CN=C(N)Nc1ccc(C)cc1C. The van der Waals surface area contributed by atoms with E-state index in [1.165, 1.54) is 11.1 Å². The highest BCUT2D eigenvalue weighted by Gasteiger charge is 1.98. The number of anilines is 1. The van der Waals surface area contributed by atoms with Crippen molar-refractivity contribution in [1.82, 2.24) is 0 Å². The van der Waals surface area contributed by atoms with Gasteiger partial charge in [0.25, 0.3) is 0 Å². The molecule has 0 aliphatic heterocycles. The molecular weight excluding hydrogens is 162 g/mol. The van der Waals surface area contributed by atoms with Gasteiger partial charge in [0.05, 0.1) is 0 Å². The van der Waals surface area contributed by atoms with Crippen LogP contribution in [0, 0.1) is 13.8 Å². The van der Waals surface area contributed by atoms with Crippen LogP contribution in [0.3, 0.4) is 0 Å². The number of aliphatic imine (C=N–C) groups is 1. The first-order valence-electron chi connectivity index (χ1n) is 4.20. The van der Waals surface area contributed by atoms with E-state index in [9.17, 15) is 0 Å². The molecule has 1 aromatic carbocycles. The van der Waals surface area contributed by atoms with Crippen molar-refractivity contribution >= 4 is 11.6 Å². The maximum atomic E-state index is 5.55. The summed E-state index contributed by atoms with van der Waals surface area (Å²) < 4.78 is 0. The van der Waals surface area contributed by atoms with Crippen LogP contribution in [-0.4, -0.2) is 13.0 Å². The van der Waals surface area contributed by atoms with Crippen molar-refractivity contribution in [2.75, 3.05) is 12.4 Å². The molecule has 0 spiro atoms. The Labute approximate surface area is 78.7 Å². The lowest BCUT2D eigenvalue weighted by molar-refractivity contribution is 1.34. The van der Waals surface area contributed by atoms with Crippen LogP contribution in [0.2, 0.25) is 0 Å². The molecule has 0 unspecified atom stereocenters.